The van der Waals surface area contributed by atoms with E-state index in [4.69, 9.17) is 4.99 Å². The average molecular weight is 430 g/mol. The minimum absolute atomic E-state index is 0.000639. The maximum atomic E-state index is 13.5. The largest absolute Gasteiger partial charge is 0.337 e. The second-order valence-electron chi connectivity index (χ2n) is 6.97. The highest BCUT2D eigenvalue weighted by molar-refractivity contribution is 8.19. The molecule has 3 aromatic rings. The number of hydrogen-bond donors (Lipinski definition) is 0. The summed E-state index contributed by atoms with van der Waals surface area (Å²) in [4.78, 5) is 24.1. The molecule has 2 heterocycles. The second-order valence-corrected chi connectivity index (χ2v) is 8.98. The number of aliphatic imine (C=N–C) groups is 1. The van der Waals surface area contributed by atoms with Gasteiger partial charge in [0.05, 0.1) is 22.9 Å². The number of carbonyl (C=O) groups excluding carboxylic acids is 1. The van der Waals surface area contributed by atoms with E-state index in [-0.39, 0.29) is 5.91 Å². The van der Waals surface area contributed by atoms with Gasteiger partial charge in [-0.05, 0) is 41.6 Å². The van der Waals surface area contributed by atoms with Crippen molar-refractivity contribution >= 4 is 46.0 Å². The topological polar surface area (TPSA) is 35.9 Å². The summed E-state index contributed by atoms with van der Waals surface area (Å²) in [6.07, 6.45) is 0. The first-order valence-corrected chi connectivity index (χ1v) is 11.3. The van der Waals surface area contributed by atoms with E-state index in [1.54, 1.807) is 16.7 Å². The fourth-order valence-electron chi connectivity index (χ4n) is 3.44. The molecule has 0 saturated carbocycles. The number of carbonyl (C=O) groups is 1. The molecule has 148 valence electrons. The molecule has 2 aliphatic heterocycles. The molecule has 0 atom stereocenters. The molecule has 6 heteroatoms. The molecular weight excluding hydrogens is 410 g/mol. The Morgan fingerprint density at radius 1 is 0.833 bits per heavy atom. The first-order valence-electron chi connectivity index (χ1n) is 9.63. The van der Waals surface area contributed by atoms with Crippen molar-refractivity contribution < 1.29 is 4.79 Å². The first-order chi connectivity index (χ1) is 14.7. The zero-order chi connectivity index (χ0) is 20.5. The molecule has 3 aromatic carbocycles. The lowest BCUT2D eigenvalue weighted by atomic mass is 10.2. The summed E-state index contributed by atoms with van der Waals surface area (Å²) in [6, 6.07) is 28.1. The van der Waals surface area contributed by atoms with E-state index in [2.05, 4.69) is 17.0 Å². The molecule has 4 nitrogen and oxygen atoms in total. The van der Waals surface area contributed by atoms with Gasteiger partial charge in [0, 0.05) is 11.9 Å². The van der Waals surface area contributed by atoms with Crippen LogP contribution in [0, 0.1) is 0 Å². The van der Waals surface area contributed by atoms with Crippen LogP contribution in [0.3, 0.4) is 0 Å². The molecule has 0 N–H and O–H groups in total. The number of thioether (sulfide) groups is 2. The fourth-order valence-corrected chi connectivity index (χ4v) is 5.78. The summed E-state index contributed by atoms with van der Waals surface area (Å²) in [7, 11) is 2.02. The van der Waals surface area contributed by atoms with Gasteiger partial charge in [-0.1, -0.05) is 72.4 Å². The molecule has 2 aliphatic rings. The number of benzene rings is 3. The Bertz CT molecular complexity index is 1160. The van der Waals surface area contributed by atoms with E-state index < -0.39 is 0 Å². The molecule has 5 rings (SSSR count). The number of para-hydroxylation sites is 2. The van der Waals surface area contributed by atoms with E-state index in [9.17, 15) is 4.79 Å². The van der Waals surface area contributed by atoms with E-state index in [0.29, 0.717) is 11.7 Å². The fraction of sp³-hybridized carbons (Fsp3) is 0.0833. The standard InChI is InChI=1S/C24H19N3OS2/c1-26-19-14-8-9-15-20(19)29-23(26)21-22(28)27(16-17-10-4-2-5-11-17)24(30-21)25-18-12-6-3-7-13-18/h2-15H,16H2,1H3/b23-21-,25-24?. The van der Waals surface area contributed by atoms with E-state index >= 15 is 0 Å². The Morgan fingerprint density at radius 2 is 1.50 bits per heavy atom. The molecule has 0 aliphatic carbocycles. The van der Waals surface area contributed by atoms with Crippen LogP contribution in [-0.2, 0) is 11.3 Å². The Hall–Kier alpha value is -2.96. The average Bonchev–Trinajstić information content (AvgIpc) is 3.27. The van der Waals surface area contributed by atoms with Crippen LogP contribution in [-0.4, -0.2) is 23.0 Å². The SMILES string of the molecule is CN1/C(=C2/SC(=Nc3ccccc3)N(Cc3ccccc3)C2=O)Sc2ccccc21. The molecule has 0 spiro atoms. The van der Waals surface area contributed by atoms with Crippen LogP contribution < -0.4 is 4.90 Å². The van der Waals surface area contributed by atoms with Crippen LogP contribution in [0.5, 0.6) is 0 Å². The van der Waals surface area contributed by atoms with E-state index in [1.165, 1.54) is 16.7 Å². The van der Waals surface area contributed by atoms with Gasteiger partial charge in [-0.25, -0.2) is 4.99 Å². The summed E-state index contributed by atoms with van der Waals surface area (Å²) in [5.74, 6) is 0.000639. The number of amides is 1. The van der Waals surface area contributed by atoms with Gasteiger partial charge in [0.2, 0.25) is 0 Å². The number of anilines is 1. The molecule has 0 unspecified atom stereocenters. The molecular formula is C24H19N3OS2. The quantitative estimate of drug-likeness (QED) is 0.489. The third-order valence-electron chi connectivity index (χ3n) is 4.96. The zero-order valence-electron chi connectivity index (χ0n) is 16.4. The van der Waals surface area contributed by atoms with Gasteiger partial charge in [0.25, 0.3) is 5.91 Å². The zero-order valence-corrected chi connectivity index (χ0v) is 18.0. The number of rotatable bonds is 3. The lowest BCUT2D eigenvalue weighted by Crippen LogP contribution is -2.29. The van der Waals surface area contributed by atoms with E-state index in [1.807, 2.05) is 79.8 Å². The van der Waals surface area contributed by atoms with Gasteiger partial charge in [-0.3, -0.25) is 9.69 Å². The normalized spacial score (nSPS) is 19.6. The van der Waals surface area contributed by atoms with Crippen LogP contribution in [0.25, 0.3) is 0 Å². The highest BCUT2D eigenvalue weighted by Gasteiger charge is 2.39. The number of fused-ring (bicyclic) bond motifs is 1. The predicted octanol–water partition coefficient (Wildman–Crippen LogP) is 5.86. The summed E-state index contributed by atoms with van der Waals surface area (Å²) in [5, 5.41) is 1.67. The van der Waals surface area contributed by atoms with Crippen molar-refractivity contribution in [1.82, 2.24) is 4.90 Å². The molecule has 1 amide bonds. The smallest absolute Gasteiger partial charge is 0.269 e. The van der Waals surface area contributed by atoms with Gasteiger partial charge < -0.3 is 4.90 Å². The van der Waals surface area contributed by atoms with Crippen molar-refractivity contribution in [3.63, 3.8) is 0 Å². The summed E-state index contributed by atoms with van der Waals surface area (Å²) in [6.45, 7) is 0.496. The first kappa shape index (κ1) is 19.0. The van der Waals surface area contributed by atoms with Gasteiger partial charge >= 0.3 is 0 Å². The van der Waals surface area contributed by atoms with Gasteiger partial charge in [0.1, 0.15) is 4.91 Å². The van der Waals surface area contributed by atoms with Crippen molar-refractivity contribution in [1.29, 1.82) is 0 Å². The van der Waals surface area contributed by atoms with Gasteiger partial charge in [0.15, 0.2) is 5.17 Å². The molecule has 0 bridgehead atoms. The van der Waals surface area contributed by atoms with Crippen molar-refractivity contribution in [2.75, 3.05) is 11.9 Å². The van der Waals surface area contributed by atoms with E-state index in [0.717, 1.165) is 26.9 Å². The summed E-state index contributed by atoms with van der Waals surface area (Å²) < 4.78 is 0. The Morgan fingerprint density at radius 3 is 2.23 bits per heavy atom. The van der Waals surface area contributed by atoms with Crippen molar-refractivity contribution in [2.45, 2.75) is 11.4 Å². The van der Waals surface area contributed by atoms with Crippen molar-refractivity contribution in [2.24, 2.45) is 4.99 Å². The van der Waals surface area contributed by atoms with Crippen molar-refractivity contribution in [3.05, 3.63) is 100 Å². The Labute approximate surface area is 184 Å². The highest BCUT2D eigenvalue weighted by atomic mass is 32.2. The maximum Gasteiger partial charge on any atom is 0.269 e. The Balaban J connectivity index is 1.55. The molecule has 1 saturated heterocycles. The van der Waals surface area contributed by atoms with Crippen LogP contribution >= 0.6 is 23.5 Å². The third-order valence-corrected chi connectivity index (χ3v) is 7.39. The van der Waals surface area contributed by atoms with Gasteiger partial charge in [-0.2, -0.15) is 0 Å². The molecule has 30 heavy (non-hydrogen) atoms. The molecule has 0 aromatic heterocycles. The minimum Gasteiger partial charge on any atom is -0.337 e. The number of amidine groups is 1. The molecule has 0 radical (unpaired) electrons. The summed E-state index contributed by atoms with van der Waals surface area (Å²) >= 11 is 3.10. The third kappa shape index (κ3) is 3.53. The molecule has 1 fully saturated rings. The highest BCUT2D eigenvalue weighted by Crippen LogP contribution is 2.50. The van der Waals surface area contributed by atoms with Crippen LogP contribution in [0.15, 0.2) is 105 Å². The van der Waals surface area contributed by atoms with Crippen molar-refractivity contribution in [3.8, 4) is 0 Å². The van der Waals surface area contributed by atoms with Gasteiger partial charge in [-0.15, -0.1) is 0 Å². The lowest BCUT2D eigenvalue weighted by molar-refractivity contribution is -0.122. The second kappa shape index (κ2) is 8.05. The number of hydrogen-bond acceptors (Lipinski definition) is 5. The Kier molecular flexibility index (Phi) is 5.11. The van der Waals surface area contributed by atoms with Crippen LogP contribution in [0.2, 0.25) is 0 Å². The monoisotopic (exact) mass is 429 g/mol. The number of nitrogens with zero attached hydrogens (tertiary/aromatic N) is 3. The summed E-state index contributed by atoms with van der Waals surface area (Å²) in [5.41, 5.74) is 3.04. The minimum atomic E-state index is 0.000639. The van der Waals surface area contributed by atoms with Crippen LogP contribution in [0.4, 0.5) is 11.4 Å². The maximum absolute atomic E-state index is 13.5. The van der Waals surface area contributed by atoms with Crippen LogP contribution in [0.1, 0.15) is 5.56 Å². The lowest BCUT2D eigenvalue weighted by Gasteiger charge is -2.16. The predicted molar refractivity (Wildman–Crippen MR) is 126 cm³/mol.